The maximum Gasteiger partial charge on any atom is 0.168 e. The zero-order chi connectivity index (χ0) is 14.4. The van der Waals surface area contributed by atoms with E-state index in [1.54, 1.807) is 30.3 Å². The molecule has 0 radical (unpaired) electrons. The summed E-state index contributed by atoms with van der Waals surface area (Å²) >= 11 is 0. The summed E-state index contributed by atoms with van der Waals surface area (Å²) in [5, 5.41) is 8.90. The third-order valence-electron chi connectivity index (χ3n) is 2.67. The summed E-state index contributed by atoms with van der Waals surface area (Å²) in [6.07, 6.45) is 2.17. The highest BCUT2D eigenvalue weighted by Gasteiger charge is 2.04. The van der Waals surface area contributed by atoms with Gasteiger partial charge in [0.1, 0.15) is 29.9 Å². The lowest BCUT2D eigenvalue weighted by Crippen LogP contribution is -1.98. The van der Waals surface area contributed by atoms with Crippen LogP contribution >= 0.6 is 0 Å². The second kappa shape index (κ2) is 6.34. The van der Waals surface area contributed by atoms with Crippen LogP contribution in [-0.4, -0.2) is 18.4 Å². The zero-order valence-electron chi connectivity index (χ0n) is 10.9. The smallest absolute Gasteiger partial charge is 0.168 e. The van der Waals surface area contributed by atoms with Crippen molar-refractivity contribution in [1.29, 1.82) is 5.26 Å². The first-order valence-corrected chi connectivity index (χ1v) is 5.88. The van der Waals surface area contributed by atoms with E-state index in [9.17, 15) is 4.79 Å². The Morgan fingerprint density at radius 1 is 1.35 bits per heavy atom. The van der Waals surface area contributed by atoms with E-state index in [2.05, 4.69) is 11.1 Å². The Balaban J connectivity index is 2.06. The number of hydrogen-bond donors (Lipinski definition) is 0. The molecule has 0 amide bonds. The molecule has 0 N–H and O–H groups in total. The Kier molecular flexibility index (Phi) is 4.30. The summed E-state index contributed by atoms with van der Waals surface area (Å²) in [7, 11) is 1.52. The van der Waals surface area contributed by atoms with Crippen LogP contribution in [0.15, 0.2) is 36.5 Å². The molecular formula is C15H12N2O3. The third kappa shape index (κ3) is 3.12. The van der Waals surface area contributed by atoms with Crippen molar-refractivity contribution >= 4 is 6.29 Å². The normalized spacial score (nSPS) is 9.60. The maximum atomic E-state index is 10.5. The molecule has 0 atom stereocenters. The predicted molar refractivity (Wildman–Crippen MR) is 71.7 cm³/mol. The molecule has 100 valence electrons. The Morgan fingerprint density at radius 3 is 2.80 bits per heavy atom. The summed E-state index contributed by atoms with van der Waals surface area (Å²) in [5.74, 6) is 1.09. The van der Waals surface area contributed by atoms with Crippen LogP contribution in [0, 0.1) is 11.3 Å². The summed E-state index contributed by atoms with van der Waals surface area (Å²) in [4.78, 5) is 14.4. The van der Waals surface area contributed by atoms with Gasteiger partial charge in [-0.05, 0) is 29.8 Å². The van der Waals surface area contributed by atoms with Crippen molar-refractivity contribution in [3.63, 3.8) is 0 Å². The quantitative estimate of drug-likeness (QED) is 0.778. The number of methoxy groups -OCH3 is 1. The van der Waals surface area contributed by atoms with Gasteiger partial charge in [-0.1, -0.05) is 6.07 Å². The van der Waals surface area contributed by atoms with Crippen molar-refractivity contribution in [3.05, 3.63) is 53.3 Å². The largest absolute Gasteiger partial charge is 0.495 e. The van der Waals surface area contributed by atoms with E-state index >= 15 is 0 Å². The number of nitriles is 1. The van der Waals surface area contributed by atoms with Crippen molar-refractivity contribution in [3.8, 4) is 17.6 Å². The molecule has 0 spiro atoms. The highest BCUT2D eigenvalue weighted by atomic mass is 16.5. The number of aldehydes is 1. The first-order valence-electron chi connectivity index (χ1n) is 5.88. The van der Waals surface area contributed by atoms with E-state index in [-0.39, 0.29) is 0 Å². The fourth-order valence-corrected chi connectivity index (χ4v) is 1.63. The fraction of sp³-hybridized carbons (Fsp3) is 0.133. The molecule has 0 fully saturated rings. The molecule has 5 nitrogen and oxygen atoms in total. The van der Waals surface area contributed by atoms with Crippen LogP contribution in [0.25, 0.3) is 0 Å². The van der Waals surface area contributed by atoms with Crippen LogP contribution in [0.4, 0.5) is 0 Å². The van der Waals surface area contributed by atoms with Crippen LogP contribution in [0.5, 0.6) is 11.5 Å². The van der Waals surface area contributed by atoms with E-state index in [0.717, 1.165) is 5.56 Å². The molecule has 0 unspecified atom stereocenters. The maximum absolute atomic E-state index is 10.5. The lowest BCUT2D eigenvalue weighted by molar-refractivity contribution is 0.111. The Morgan fingerprint density at radius 2 is 2.20 bits per heavy atom. The zero-order valence-corrected chi connectivity index (χ0v) is 10.9. The van der Waals surface area contributed by atoms with E-state index in [1.165, 1.54) is 13.3 Å². The van der Waals surface area contributed by atoms with E-state index in [4.69, 9.17) is 14.7 Å². The minimum atomic E-state index is 0.324. The van der Waals surface area contributed by atoms with E-state index in [1.807, 2.05) is 0 Å². The molecule has 0 saturated carbocycles. The van der Waals surface area contributed by atoms with Gasteiger partial charge in [-0.3, -0.25) is 4.79 Å². The molecule has 5 heteroatoms. The SMILES string of the molecule is COc1cc(COc2ccc(C=O)nc2)ccc1C#N. The molecule has 0 aliphatic carbocycles. The Bertz CT molecular complexity index is 645. The summed E-state index contributed by atoms with van der Waals surface area (Å²) in [5.41, 5.74) is 1.71. The summed E-state index contributed by atoms with van der Waals surface area (Å²) < 4.78 is 10.7. The molecule has 2 aromatic rings. The lowest BCUT2D eigenvalue weighted by atomic mass is 10.1. The van der Waals surface area contributed by atoms with Crippen LogP contribution in [0.3, 0.4) is 0 Å². The molecule has 20 heavy (non-hydrogen) atoms. The van der Waals surface area contributed by atoms with Gasteiger partial charge in [0.05, 0.1) is 18.9 Å². The highest BCUT2D eigenvalue weighted by Crippen LogP contribution is 2.20. The number of rotatable bonds is 5. The number of ether oxygens (including phenoxy) is 2. The minimum Gasteiger partial charge on any atom is -0.495 e. The molecular weight excluding hydrogens is 256 g/mol. The van der Waals surface area contributed by atoms with E-state index < -0.39 is 0 Å². The van der Waals surface area contributed by atoms with Crippen LogP contribution in [0.1, 0.15) is 21.6 Å². The number of benzene rings is 1. The average molecular weight is 268 g/mol. The third-order valence-corrected chi connectivity index (χ3v) is 2.67. The lowest BCUT2D eigenvalue weighted by Gasteiger charge is -2.08. The Hall–Kier alpha value is -2.87. The number of hydrogen-bond acceptors (Lipinski definition) is 5. The number of carbonyl (C=O) groups is 1. The average Bonchev–Trinajstić information content (AvgIpc) is 2.53. The molecule has 1 aromatic heterocycles. The van der Waals surface area contributed by atoms with Gasteiger partial charge in [-0.25, -0.2) is 4.98 Å². The van der Waals surface area contributed by atoms with Gasteiger partial charge < -0.3 is 9.47 Å². The van der Waals surface area contributed by atoms with E-state index in [0.29, 0.717) is 35.6 Å². The number of carbonyl (C=O) groups excluding carboxylic acids is 1. The van der Waals surface area contributed by atoms with Gasteiger partial charge in [0.2, 0.25) is 0 Å². The Labute approximate surface area is 116 Å². The molecule has 0 bridgehead atoms. The van der Waals surface area contributed by atoms with Gasteiger partial charge in [0.25, 0.3) is 0 Å². The minimum absolute atomic E-state index is 0.324. The summed E-state index contributed by atoms with van der Waals surface area (Å²) in [6.45, 7) is 0.324. The van der Waals surface area contributed by atoms with Gasteiger partial charge >= 0.3 is 0 Å². The van der Waals surface area contributed by atoms with Crippen molar-refractivity contribution in [1.82, 2.24) is 4.98 Å². The fourth-order valence-electron chi connectivity index (χ4n) is 1.63. The second-order valence-electron chi connectivity index (χ2n) is 3.97. The van der Waals surface area contributed by atoms with Crippen molar-refractivity contribution in [2.24, 2.45) is 0 Å². The van der Waals surface area contributed by atoms with Crippen molar-refractivity contribution in [2.75, 3.05) is 7.11 Å². The first-order chi connectivity index (χ1) is 9.76. The molecule has 1 aromatic carbocycles. The molecule has 1 heterocycles. The summed E-state index contributed by atoms with van der Waals surface area (Å²) in [6, 6.07) is 10.6. The molecule has 0 aliphatic heterocycles. The first kappa shape index (κ1) is 13.6. The topological polar surface area (TPSA) is 72.2 Å². The second-order valence-corrected chi connectivity index (χ2v) is 3.97. The van der Waals surface area contributed by atoms with Crippen molar-refractivity contribution in [2.45, 2.75) is 6.61 Å². The number of aromatic nitrogens is 1. The van der Waals surface area contributed by atoms with Crippen LogP contribution in [-0.2, 0) is 6.61 Å². The van der Waals surface area contributed by atoms with Gasteiger partial charge in [-0.15, -0.1) is 0 Å². The number of pyridine rings is 1. The van der Waals surface area contributed by atoms with Gasteiger partial charge in [0, 0.05) is 0 Å². The number of nitrogens with zero attached hydrogens (tertiary/aromatic N) is 2. The van der Waals surface area contributed by atoms with Crippen LogP contribution in [0.2, 0.25) is 0 Å². The van der Waals surface area contributed by atoms with Crippen LogP contribution < -0.4 is 9.47 Å². The van der Waals surface area contributed by atoms with Crippen molar-refractivity contribution < 1.29 is 14.3 Å². The standard InChI is InChI=1S/C15H12N2O3/c1-19-15-6-11(2-3-12(15)7-16)10-20-14-5-4-13(9-18)17-8-14/h2-6,8-9H,10H2,1H3. The monoisotopic (exact) mass is 268 g/mol. The van der Waals surface area contributed by atoms with Gasteiger partial charge in [-0.2, -0.15) is 5.26 Å². The molecule has 0 aliphatic rings. The molecule has 2 rings (SSSR count). The van der Waals surface area contributed by atoms with Gasteiger partial charge in [0.15, 0.2) is 6.29 Å². The highest BCUT2D eigenvalue weighted by molar-refractivity contribution is 5.71. The predicted octanol–water partition coefficient (Wildman–Crippen LogP) is 2.35. The molecule has 0 saturated heterocycles.